The van der Waals surface area contributed by atoms with Gasteiger partial charge in [-0.15, -0.1) is 0 Å². The van der Waals surface area contributed by atoms with Gasteiger partial charge in [0.25, 0.3) is 11.8 Å². The SMILES string of the molecule is O=C(COc1ccc(Cl)cc1Cl)N[C@@H](C(=O)Nc1cccc(Cl)c1)c1ccccc1. The molecular formula is C22H17Cl3N2O3. The minimum atomic E-state index is -0.929. The molecule has 0 aliphatic carbocycles. The van der Waals surface area contributed by atoms with Gasteiger partial charge in [-0.3, -0.25) is 9.59 Å². The van der Waals surface area contributed by atoms with E-state index in [0.717, 1.165) is 0 Å². The average Bonchev–Trinajstić information content (AvgIpc) is 2.72. The zero-order valence-electron chi connectivity index (χ0n) is 15.6. The number of benzene rings is 3. The molecule has 3 aromatic rings. The second-order valence-corrected chi connectivity index (χ2v) is 7.55. The van der Waals surface area contributed by atoms with E-state index < -0.39 is 17.9 Å². The summed E-state index contributed by atoms with van der Waals surface area (Å²) in [5.41, 5.74) is 1.14. The minimum Gasteiger partial charge on any atom is -0.482 e. The molecule has 0 aromatic heterocycles. The van der Waals surface area contributed by atoms with Crippen molar-refractivity contribution in [3.8, 4) is 5.75 Å². The molecule has 0 saturated carbocycles. The molecule has 30 heavy (non-hydrogen) atoms. The Kier molecular flexibility index (Phi) is 7.57. The molecule has 3 rings (SSSR count). The van der Waals surface area contributed by atoms with Crippen LogP contribution in [-0.2, 0) is 9.59 Å². The lowest BCUT2D eigenvalue weighted by atomic mass is 10.1. The van der Waals surface area contributed by atoms with E-state index in [0.29, 0.717) is 27.0 Å². The monoisotopic (exact) mass is 462 g/mol. The van der Waals surface area contributed by atoms with Crippen LogP contribution in [-0.4, -0.2) is 18.4 Å². The fourth-order valence-corrected chi connectivity index (χ4v) is 3.32. The Morgan fingerprint density at radius 1 is 0.867 bits per heavy atom. The fraction of sp³-hybridized carbons (Fsp3) is 0.0909. The van der Waals surface area contributed by atoms with Crippen LogP contribution in [0, 0.1) is 0 Å². The number of carbonyl (C=O) groups is 2. The molecule has 0 heterocycles. The quantitative estimate of drug-likeness (QED) is 0.485. The van der Waals surface area contributed by atoms with Crippen LogP contribution in [0.25, 0.3) is 0 Å². The summed E-state index contributed by atoms with van der Waals surface area (Å²) in [4.78, 5) is 25.4. The maximum absolute atomic E-state index is 12.9. The van der Waals surface area contributed by atoms with Crippen molar-refractivity contribution in [1.29, 1.82) is 0 Å². The lowest BCUT2D eigenvalue weighted by molar-refractivity contribution is -0.128. The molecule has 0 aliphatic rings. The molecular weight excluding hydrogens is 447 g/mol. The second-order valence-electron chi connectivity index (χ2n) is 6.27. The molecule has 1 atom stereocenters. The molecule has 8 heteroatoms. The van der Waals surface area contributed by atoms with Gasteiger partial charge in [0, 0.05) is 15.7 Å². The first-order valence-corrected chi connectivity index (χ1v) is 10.0. The van der Waals surface area contributed by atoms with Gasteiger partial charge in [-0.25, -0.2) is 0 Å². The summed E-state index contributed by atoms with van der Waals surface area (Å²) in [7, 11) is 0. The van der Waals surface area contributed by atoms with E-state index >= 15 is 0 Å². The van der Waals surface area contributed by atoms with E-state index in [4.69, 9.17) is 39.5 Å². The maximum atomic E-state index is 12.9. The zero-order valence-corrected chi connectivity index (χ0v) is 17.8. The van der Waals surface area contributed by atoms with Crippen LogP contribution in [0.4, 0.5) is 5.69 Å². The van der Waals surface area contributed by atoms with Gasteiger partial charge in [0.15, 0.2) is 6.61 Å². The van der Waals surface area contributed by atoms with Gasteiger partial charge in [-0.2, -0.15) is 0 Å². The van der Waals surface area contributed by atoms with Crippen LogP contribution in [0.2, 0.25) is 15.1 Å². The van der Waals surface area contributed by atoms with Crippen LogP contribution in [0.3, 0.4) is 0 Å². The van der Waals surface area contributed by atoms with E-state index in [1.165, 1.54) is 6.07 Å². The number of carbonyl (C=O) groups excluding carboxylic acids is 2. The molecule has 0 unspecified atom stereocenters. The van der Waals surface area contributed by atoms with Crippen molar-refractivity contribution < 1.29 is 14.3 Å². The highest BCUT2D eigenvalue weighted by molar-refractivity contribution is 6.35. The Bertz CT molecular complexity index is 1040. The molecule has 0 spiro atoms. The summed E-state index contributed by atoms with van der Waals surface area (Å²) in [6.07, 6.45) is 0. The summed E-state index contributed by atoms with van der Waals surface area (Å²) >= 11 is 17.9. The topological polar surface area (TPSA) is 67.4 Å². The number of nitrogens with one attached hydrogen (secondary N) is 2. The molecule has 0 fully saturated rings. The summed E-state index contributed by atoms with van der Waals surface area (Å²) < 4.78 is 5.45. The summed E-state index contributed by atoms with van der Waals surface area (Å²) in [5, 5.41) is 6.68. The Morgan fingerprint density at radius 3 is 2.30 bits per heavy atom. The van der Waals surface area contributed by atoms with Crippen molar-refractivity contribution in [2.75, 3.05) is 11.9 Å². The van der Waals surface area contributed by atoms with E-state index in [2.05, 4.69) is 10.6 Å². The lowest BCUT2D eigenvalue weighted by Gasteiger charge is -2.19. The Labute approximate surface area is 188 Å². The molecule has 0 bridgehead atoms. The van der Waals surface area contributed by atoms with Gasteiger partial charge in [-0.1, -0.05) is 71.2 Å². The van der Waals surface area contributed by atoms with Gasteiger partial charge in [-0.05, 0) is 42.0 Å². The molecule has 5 nitrogen and oxygen atoms in total. The van der Waals surface area contributed by atoms with Gasteiger partial charge >= 0.3 is 0 Å². The summed E-state index contributed by atoms with van der Waals surface area (Å²) in [6, 6.07) is 19.4. The Hall–Kier alpha value is -2.73. The normalized spacial score (nSPS) is 11.4. The average molecular weight is 464 g/mol. The van der Waals surface area contributed by atoms with Crippen LogP contribution in [0.1, 0.15) is 11.6 Å². The molecule has 154 valence electrons. The van der Waals surface area contributed by atoms with Gasteiger partial charge < -0.3 is 15.4 Å². The van der Waals surface area contributed by atoms with E-state index in [9.17, 15) is 9.59 Å². The first kappa shape index (κ1) is 22.0. The number of amides is 2. The summed E-state index contributed by atoms with van der Waals surface area (Å²) in [6.45, 7) is -0.324. The number of halogens is 3. The standard InChI is InChI=1S/C22H17Cl3N2O3/c23-15-7-4-8-17(11-15)26-22(29)21(14-5-2-1-3-6-14)27-20(28)13-30-19-10-9-16(24)12-18(19)25/h1-12,21H,13H2,(H,26,29)(H,27,28)/t21-/m1/s1. The number of ether oxygens (including phenoxy) is 1. The van der Waals surface area contributed by atoms with Crippen molar-refractivity contribution in [3.05, 3.63) is 93.4 Å². The number of anilines is 1. The van der Waals surface area contributed by atoms with Crippen molar-refractivity contribution in [2.24, 2.45) is 0 Å². The van der Waals surface area contributed by atoms with Crippen LogP contribution in [0.15, 0.2) is 72.8 Å². The van der Waals surface area contributed by atoms with Gasteiger partial charge in [0.05, 0.1) is 5.02 Å². The van der Waals surface area contributed by atoms with Gasteiger partial charge in [0.2, 0.25) is 0 Å². The first-order chi connectivity index (χ1) is 14.4. The first-order valence-electron chi connectivity index (χ1n) is 8.91. The van der Waals surface area contributed by atoms with Crippen molar-refractivity contribution in [1.82, 2.24) is 5.32 Å². The zero-order chi connectivity index (χ0) is 21.5. The molecule has 3 aromatic carbocycles. The fourth-order valence-electron chi connectivity index (χ4n) is 2.66. The minimum absolute atomic E-state index is 0.286. The van der Waals surface area contributed by atoms with E-state index in [1.807, 2.05) is 6.07 Å². The predicted octanol–water partition coefficient (Wildman–Crippen LogP) is 5.52. The van der Waals surface area contributed by atoms with Crippen LogP contribution >= 0.6 is 34.8 Å². The number of hydrogen-bond acceptors (Lipinski definition) is 3. The van der Waals surface area contributed by atoms with Crippen molar-refractivity contribution >= 4 is 52.3 Å². The highest BCUT2D eigenvalue weighted by Crippen LogP contribution is 2.27. The largest absolute Gasteiger partial charge is 0.482 e. The molecule has 2 N–H and O–H groups in total. The van der Waals surface area contributed by atoms with E-state index in [1.54, 1.807) is 60.7 Å². The third-order valence-corrected chi connectivity index (χ3v) is 4.81. The smallest absolute Gasteiger partial charge is 0.258 e. The lowest BCUT2D eigenvalue weighted by Crippen LogP contribution is -2.39. The molecule has 0 radical (unpaired) electrons. The Balaban J connectivity index is 1.70. The highest BCUT2D eigenvalue weighted by atomic mass is 35.5. The van der Waals surface area contributed by atoms with Crippen molar-refractivity contribution in [2.45, 2.75) is 6.04 Å². The third kappa shape index (κ3) is 6.13. The highest BCUT2D eigenvalue weighted by Gasteiger charge is 2.23. The second kappa shape index (κ2) is 10.3. The van der Waals surface area contributed by atoms with Crippen LogP contribution < -0.4 is 15.4 Å². The maximum Gasteiger partial charge on any atom is 0.258 e. The number of hydrogen-bond donors (Lipinski definition) is 2. The summed E-state index contributed by atoms with van der Waals surface area (Å²) in [5.74, 6) is -0.590. The predicted molar refractivity (Wildman–Crippen MR) is 119 cm³/mol. The molecule has 2 amide bonds. The third-order valence-electron chi connectivity index (χ3n) is 4.05. The van der Waals surface area contributed by atoms with E-state index in [-0.39, 0.29) is 11.6 Å². The van der Waals surface area contributed by atoms with Crippen LogP contribution in [0.5, 0.6) is 5.75 Å². The number of rotatable bonds is 7. The molecule has 0 saturated heterocycles. The van der Waals surface area contributed by atoms with Crippen molar-refractivity contribution in [3.63, 3.8) is 0 Å². The Morgan fingerprint density at radius 2 is 1.60 bits per heavy atom. The molecule has 0 aliphatic heterocycles. The van der Waals surface area contributed by atoms with Gasteiger partial charge in [0.1, 0.15) is 11.8 Å².